The maximum Gasteiger partial charge on any atom is 0.344 e. The van der Waals surface area contributed by atoms with Crippen LogP contribution in [0.2, 0.25) is 0 Å². The second-order valence-electron chi connectivity index (χ2n) is 11.0. The number of benzene rings is 3. The van der Waals surface area contributed by atoms with Crippen molar-refractivity contribution < 1.29 is 14.1 Å². The summed E-state index contributed by atoms with van der Waals surface area (Å²) in [5.41, 5.74) is 4.05. The van der Waals surface area contributed by atoms with Crippen molar-refractivity contribution in [2.75, 3.05) is 48.8 Å². The molecular weight excluding hydrogens is 560 g/mol. The van der Waals surface area contributed by atoms with Gasteiger partial charge in [-0.3, -0.25) is 9.69 Å². The first-order valence-corrected chi connectivity index (χ1v) is 16.1. The molecule has 2 aliphatic heterocycles. The number of carbonyl (C=O) groups excluding carboxylic acids is 1. The SMILES string of the molecule is C[S+]([O-])c1nc2c(c(N3CCN(CC(=O)OCc4ccccc4)C(CC#N)C3)n1)CCN(c1cccc3ccccc13)C2. The molecule has 2 atom stereocenters. The zero-order valence-corrected chi connectivity index (χ0v) is 25.0. The van der Waals surface area contributed by atoms with Gasteiger partial charge in [-0.1, -0.05) is 66.7 Å². The molecule has 2 aliphatic rings. The molecule has 1 aromatic heterocycles. The average Bonchev–Trinajstić information content (AvgIpc) is 3.04. The molecule has 0 saturated carbocycles. The molecule has 0 radical (unpaired) electrons. The molecule has 4 aromatic rings. The summed E-state index contributed by atoms with van der Waals surface area (Å²) >= 11 is -1.36. The maximum atomic E-state index is 12.7. The van der Waals surface area contributed by atoms with Crippen LogP contribution in [-0.4, -0.2) is 70.4 Å². The Bertz CT molecular complexity index is 1640. The number of rotatable bonds is 8. The highest BCUT2D eigenvalue weighted by atomic mass is 32.2. The molecule has 10 heteroatoms. The van der Waals surface area contributed by atoms with Gasteiger partial charge in [0.1, 0.15) is 18.7 Å². The van der Waals surface area contributed by atoms with Crippen LogP contribution in [0, 0.1) is 11.3 Å². The van der Waals surface area contributed by atoms with Gasteiger partial charge < -0.3 is 19.1 Å². The largest absolute Gasteiger partial charge is 0.609 e. The number of esters is 1. The highest BCUT2D eigenvalue weighted by Crippen LogP contribution is 2.34. The molecule has 1 saturated heterocycles. The molecule has 1 fully saturated rings. The number of nitriles is 1. The quantitative estimate of drug-likeness (QED) is 0.169. The molecule has 0 N–H and O–H groups in total. The van der Waals surface area contributed by atoms with Crippen LogP contribution in [0.15, 0.2) is 78.0 Å². The van der Waals surface area contributed by atoms with Gasteiger partial charge in [-0.15, -0.1) is 0 Å². The van der Waals surface area contributed by atoms with Crippen LogP contribution in [0.25, 0.3) is 10.8 Å². The third kappa shape index (κ3) is 6.44. The van der Waals surface area contributed by atoms with E-state index in [1.807, 2.05) is 41.3 Å². The van der Waals surface area contributed by atoms with Crippen LogP contribution in [0.3, 0.4) is 0 Å². The minimum Gasteiger partial charge on any atom is -0.609 e. The predicted octanol–water partition coefficient (Wildman–Crippen LogP) is 4.08. The van der Waals surface area contributed by atoms with E-state index >= 15 is 0 Å². The van der Waals surface area contributed by atoms with Gasteiger partial charge in [0.15, 0.2) is 0 Å². The van der Waals surface area contributed by atoms with E-state index in [2.05, 4.69) is 52.3 Å². The Balaban J connectivity index is 1.21. The molecule has 2 unspecified atom stereocenters. The summed E-state index contributed by atoms with van der Waals surface area (Å²) in [5, 5.41) is 12.3. The summed E-state index contributed by atoms with van der Waals surface area (Å²) in [6.07, 6.45) is 2.63. The lowest BCUT2D eigenvalue weighted by Gasteiger charge is -2.42. The Labute approximate surface area is 254 Å². The van der Waals surface area contributed by atoms with Crippen molar-refractivity contribution in [3.63, 3.8) is 0 Å². The summed E-state index contributed by atoms with van der Waals surface area (Å²) < 4.78 is 18.2. The van der Waals surface area contributed by atoms with E-state index in [1.54, 1.807) is 6.26 Å². The van der Waals surface area contributed by atoms with Crippen molar-refractivity contribution in [2.45, 2.75) is 37.2 Å². The van der Waals surface area contributed by atoms with Crippen LogP contribution in [0.5, 0.6) is 0 Å². The van der Waals surface area contributed by atoms with Gasteiger partial charge in [0.2, 0.25) is 0 Å². The van der Waals surface area contributed by atoms with Gasteiger partial charge >= 0.3 is 11.1 Å². The number of piperazine rings is 1. The Morgan fingerprint density at radius 3 is 2.63 bits per heavy atom. The van der Waals surface area contributed by atoms with E-state index in [0.717, 1.165) is 41.3 Å². The van der Waals surface area contributed by atoms with E-state index < -0.39 is 11.2 Å². The number of ether oxygens (including phenoxy) is 1. The van der Waals surface area contributed by atoms with E-state index in [4.69, 9.17) is 14.7 Å². The number of hydrogen-bond donors (Lipinski definition) is 0. The van der Waals surface area contributed by atoms with E-state index in [1.165, 1.54) is 10.8 Å². The van der Waals surface area contributed by atoms with Crippen LogP contribution in [-0.2, 0) is 40.3 Å². The Morgan fingerprint density at radius 1 is 1.02 bits per heavy atom. The minimum absolute atomic E-state index is 0.124. The molecule has 0 amide bonds. The predicted molar refractivity (Wildman–Crippen MR) is 167 cm³/mol. The molecule has 0 spiro atoms. The summed E-state index contributed by atoms with van der Waals surface area (Å²) in [5.74, 6) is 0.485. The van der Waals surface area contributed by atoms with E-state index in [9.17, 15) is 14.6 Å². The Hall–Kier alpha value is -4.17. The topological polar surface area (TPSA) is 109 Å². The lowest BCUT2D eigenvalue weighted by molar-refractivity contribution is -0.147. The fourth-order valence-electron chi connectivity index (χ4n) is 6.01. The highest BCUT2D eigenvalue weighted by molar-refractivity contribution is 7.90. The minimum atomic E-state index is -1.36. The molecule has 220 valence electrons. The number of anilines is 2. The Kier molecular flexibility index (Phi) is 8.74. The van der Waals surface area contributed by atoms with Gasteiger partial charge in [-0.2, -0.15) is 15.2 Å². The van der Waals surface area contributed by atoms with Gasteiger partial charge in [0.25, 0.3) is 0 Å². The van der Waals surface area contributed by atoms with Crippen LogP contribution >= 0.6 is 0 Å². The fourth-order valence-corrected chi connectivity index (χ4v) is 6.46. The lowest BCUT2D eigenvalue weighted by atomic mass is 10.0. The van der Waals surface area contributed by atoms with Crippen molar-refractivity contribution in [3.05, 3.63) is 89.6 Å². The first-order chi connectivity index (χ1) is 21.0. The number of nitrogens with zero attached hydrogens (tertiary/aromatic N) is 6. The zero-order valence-electron chi connectivity index (χ0n) is 24.2. The van der Waals surface area contributed by atoms with Gasteiger partial charge in [0, 0.05) is 60.0 Å². The van der Waals surface area contributed by atoms with Gasteiger partial charge in [-0.25, -0.2) is 0 Å². The number of hydrogen-bond acceptors (Lipinski definition) is 9. The molecular formula is C33H34N6O3S. The van der Waals surface area contributed by atoms with Crippen LogP contribution < -0.4 is 9.80 Å². The maximum absolute atomic E-state index is 12.7. The third-order valence-electron chi connectivity index (χ3n) is 8.19. The second-order valence-corrected chi connectivity index (χ2v) is 12.2. The molecule has 6 rings (SSSR count). The first-order valence-electron chi connectivity index (χ1n) is 14.5. The molecule has 43 heavy (non-hydrogen) atoms. The van der Waals surface area contributed by atoms with Crippen molar-refractivity contribution in [3.8, 4) is 6.07 Å². The van der Waals surface area contributed by atoms with Crippen molar-refractivity contribution >= 4 is 39.4 Å². The number of fused-ring (bicyclic) bond motifs is 2. The normalized spacial score (nSPS) is 17.7. The summed E-state index contributed by atoms with van der Waals surface area (Å²) in [4.78, 5) is 28.8. The van der Waals surface area contributed by atoms with Gasteiger partial charge in [0.05, 0.1) is 31.3 Å². The standard InChI is InChI=1S/C33H34N6O3S/c1-43(41)33-35-29-21-38(30-13-7-11-25-10-5-6-12-27(25)30)17-15-28(29)32(36-33)39-19-18-37(26(20-39)14-16-34)22-31(40)42-23-24-8-3-2-4-9-24/h2-13,26H,14-15,17-23H2,1H3. The molecule has 0 bridgehead atoms. The fraction of sp³-hybridized carbons (Fsp3) is 0.333. The lowest BCUT2D eigenvalue weighted by Crippen LogP contribution is -2.55. The molecule has 3 aromatic carbocycles. The molecule has 0 aliphatic carbocycles. The van der Waals surface area contributed by atoms with Crippen molar-refractivity contribution in [1.29, 1.82) is 5.26 Å². The van der Waals surface area contributed by atoms with E-state index in [0.29, 0.717) is 31.3 Å². The van der Waals surface area contributed by atoms with Crippen LogP contribution in [0.1, 0.15) is 23.2 Å². The van der Waals surface area contributed by atoms with Crippen molar-refractivity contribution in [1.82, 2.24) is 14.9 Å². The molecule has 3 heterocycles. The summed E-state index contributed by atoms with van der Waals surface area (Å²) in [6.45, 7) is 3.49. The second kappa shape index (κ2) is 13.0. The summed E-state index contributed by atoms with van der Waals surface area (Å²) in [7, 11) is 0. The van der Waals surface area contributed by atoms with Crippen LogP contribution in [0.4, 0.5) is 11.5 Å². The van der Waals surface area contributed by atoms with E-state index in [-0.39, 0.29) is 31.6 Å². The van der Waals surface area contributed by atoms with Gasteiger partial charge in [-0.05, 0) is 23.4 Å². The highest BCUT2D eigenvalue weighted by Gasteiger charge is 2.33. The third-order valence-corrected chi connectivity index (χ3v) is 8.89. The smallest absolute Gasteiger partial charge is 0.344 e. The number of aromatic nitrogens is 2. The Morgan fingerprint density at radius 2 is 1.81 bits per heavy atom. The average molecular weight is 595 g/mol. The first kappa shape index (κ1) is 28.9. The summed E-state index contributed by atoms with van der Waals surface area (Å²) in [6, 6.07) is 26.4. The zero-order chi connectivity index (χ0) is 29.8. The van der Waals surface area contributed by atoms with Crippen molar-refractivity contribution in [2.24, 2.45) is 0 Å². The monoisotopic (exact) mass is 594 g/mol. The number of carbonyl (C=O) groups is 1. The molecule has 9 nitrogen and oxygen atoms in total.